The van der Waals surface area contributed by atoms with Crippen LogP contribution in [0.2, 0.25) is 5.02 Å². The van der Waals surface area contributed by atoms with Gasteiger partial charge in [-0.2, -0.15) is 0 Å². The Balaban J connectivity index is 1.61. The van der Waals surface area contributed by atoms with Crippen molar-refractivity contribution in [2.24, 2.45) is 5.41 Å². The molecule has 2 N–H and O–H groups in total. The molecule has 2 aliphatic heterocycles. The van der Waals surface area contributed by atoms with Crippen molar-refractivity contribution in [2.75, 3.05) is 26.2 Å². The molecule has 116 valence electrons. The van der Waals surface area contributed by atoms with E-state index in [2.05, 4.69) is 10.2 Å². The van der Waals surface area contributed by atoms with Crippen LogP contribution in [0.4, 0.5) is 0 Å². The molecule has 1 aromatic carbocycles. The zero-order valence-electron chi connectivity index (χ0n) is 12.6. The Morgan fingerprint density at radius 2 is 1.95 bits per heavy atom. The lowest BCUT2D eigenvalue weighted by Gasteiger charge is -2.37. The molecule has 0 atom stereocenters. The second-order valence-electron chi connectivity index (χ2n) is 6.67. The summed E-state index contributed by atoms with van der Waals surface area (Å²) in [4.78, 5) is 2.54. The number of piperidine rings is 1. The van der Waals surface area contributed by atoms with Gasteiger partial charge in [-0.25, -0.2) is 0 Å². The van der Waals surface area contributed by atoms with Gasteiger partial charge in [-0.05, 0) is 81.4 Å². The van der Waals surface area contributed by atoms with Crippen LogP contribution in [-0.4, -0.2) is 36.2 Å². The molecule has 4 heteroatoms. The maximum atomic E-state index is 9.51. The second kappa shape index (κ2) is 6.55. The summed E-state index contributed by atoms with van der Waals surface area (Å²) >= 11 is 6.00. The van der Waals surface area contributed by atoms with E-state index in [1.54, 1.807) is 6.07 Å². The van der Waals surface area contributed by atoms with E-state index >= 15 is 0 Å². The van der Waals surface area contributed by atoms with Crippen molar-refractivity contribution in [2.45, 2.75) is 38.6 Å². The molecule has 2 aliphatic rings. The first kappa shape index (κ1) is 15.1. The molecular formula is C17H25ClN2O. The average Bonchev–Trinajstić information content (AvgIpc) is 2.67. The van der Waals surface area contributed by atoms with Gasteiger partial charge in [0.2, 0.25) is 0 Å². The van der Waals surface area contributed by atoms with Gasteiger partial charge in [0.1, 0.15) is 5.75 Å². The minimum Gasteiger partial charge on any atom is -0.506 e. The lowest BCUT2D eigenvalue weighted by molar-refractivity contribution is 0.167. The zero-order valence-corrected chi connectivity index (χ0v) is 13.3. The molecule has 2 heterocycles. The normalized spacial score (nSPS) is 23.1. The summed E-state index contributed by atoms with van der Waals surface area (Å²) in [6, 6.07) is 5.57. The van der Waals surface area contributed by atoms with E-state index in [4.69, 9.17) is 11.6 Å². The molecular weight excluding hydrogens is 284 g/mol. The smallest absolute Gasteiger partial charge is 0.134 e. The number of hydrogen-bond acceptors (Lipinski definition) is 3. The second-order valence-corrected chi connectivity index (χ2v) is 7.07. The number of aromatic hydroxyl groups is 1. The van der Waals surface area contributed by atoms with Gasteiger partial charge >= 0.3 is 0 Å². The zero-order chi connectivity index (χ0) is 14.7. The van der Waals surface area contributed by atoms with E-state index < -0.39 is 0 Å². The molecule has 0 bridgehead atoms. The SMILES string of the molecule is Oc1ccc(CN2CCCC3(CCNCC3)CC2)cc1Cl. The predicted molar refractivity (Wildman–Crippen MR) is 86.8 cm³/mol. The van der Waals surface area contributed by atoms with Gasteiger partial charge < -0.3 is 10.4 Å². The van der Waals surface area contributed by atoms with Gasteiger partial charge in [-0.15, -0.1) is 0 Å². The van der Waals surface area contributed by atoms with E-state index in [0.717, 1.165) is 6.54 Å². The number of rotatable bonds is 2. The molecule has 0 unspecified atom stereocenters. The first-order chi connectivity index (χ1) is 10.2. The lowest BCUT2D eigenvalue weighted by Crippen LogP contribution is -2.37. The number of hydrogen-bond donors (Lipinski definition) is 2. The average molecular weight is 309 g/mol. The topological polar surface area (TPSA) is 35.5 Å². The lowest BCUT2D eigenvalue weighted by atomic mass is 9.73. The summed E-state index contributed by atoms with van der Waals surface area (Å²) in [5, 5.41) is 13.5. The summed E-state index contributed by atoms with van der Waals surface area (Å²) in [5.41, 5.74) is 1.78. The molecule has 2 fully saturated rings. The monoisotopic (exact) mass is 308 g/mol. The molecule has 21 heavy (non-hydrogen) atoms. The minimum absolute atomic E-state index is 0.171. The summed E-state index contributed by atoms with van der Waals surface area (Å²) in [6.07, 6.45) is 6.67. The molecule has 2 saturated heterocycles. The minimum atomic E-state index is 0.171. The third-order valence-electron chi connectivity index (χ3n) is 5.22. The van der Waals surface area contributed by atoms with E-state index in [9.17, 15) is 5.11 Å². The van der Waals surface area contributed by atoms with Crippen LogP contribution in [-0.2, 0) is 6.54 Å². The number of benzene rings is 1. The van der Waals surface area contributed by atoms with Crippen LogP contribution in [0.5, 0.6) is 5.75 Å². The largest absolute Gasteiger partial charge is 0.506 e. The molecule has 0 radical (unpaired) electrons. The van der Waals surface area contributed by atoms with E-state index in [1.165, 1.54) is 63.8 Å². The Kier molecular flexibility index (Phi) is 4.72. The van der Waals surface area contributed by atoms with Crippen LogP contribution in [0, 0.1) is 5.41 Å². The molecule has 1 aromatic rings. The van der Waals surface area contributed by atoms with Crippen LogP contribution >= 0.6 is 11.6 Å². The molecule has 0 saturated carbocycles. The third-order valence-corrected chi connectivity index (χ3v) is 5.53. The Hall–Kier alpha value is -0.770. The first-order valence-corrected chi connectivity index (χ1v) is 8.45. The van der Waals surface area contributed by atoms with Crippen molar-refractivity contribution in [3.63, 3.8) is 0 Å². The van der Waals surface area contributed by atoms with Crippen LogP contribution in [0.1, 0.15) is 37.7 Å². The number of nitrogens with one attached hydrogen (secondary N) is 1. The van der Waals surface area contributed by atoms with E-state index in [-0.39, 0.29) is 5.75 Å². The number of halogens is 1. The van der Waals surface area contributed by atoms with Gasteiger partial charge in [0.25, 0.3) is 0 Å². The standard InChI is InChI=1S/C17H25ClN2O/c18-15-12-14(2-3-16(15)21)13-20-10-1-4-17(7-11-20)5-8-19-9-6-17/h2-3,12,19,21H,1,4-11,13H2. The molecule has 3 nitrogen and oxygen atoms in total. The van der Waals surface area contributed by atoms with Crippen molar-refractivity contribution in [3.05, 3.63) is 28.8 Å². The molecule has 1 spiro atoms. The molecule has 0 aromatic heterocycles. The summed E-state index contributed by atoms with van der Waals surface area (Å²) < 4.78 is 0. The summed E-state index contributed by atoms with van der Waals surface area (Å²) in [7, 11) is 0. The fourth-order valence-electron chi connectivity index (χ4n) is 3.83. The van der Waals surface area contributed by atoms with Crippen LogP contribution in [0.3, 0.4) is 0 Å². The molecule has 0 aliphatic carbocycles. The van der Waals surface area contributed by atoms with Gasteiger partial charge in [-0.1, -0.05) is 17.7 Å². The van der Waals surface area contributed by atoms with Crippen LogP contribution < -0.4 is 5.32 Å². The number of phenols is 1. The Morgan fingerprint density at radius 3 is 2.71 bits per heavy atom. The summed E-state index contributed by atoms with van der Waals surface area (Å²) in [5.74, 6) is 0.171. The van der Waals surface area contributed by atoms with Gasteiger partial charge in [-0.3, -0.25) is 4.90 Å². The fourth-order valence-corrected chi connectivity index (χ4v) is 4.04. The van der Waals surface area contributed by atoms with E-state index in [1.807, 2.05) is 12.1 Å². The first-order valence-electron chi connectivity index (χ1n) is 8.07. The van der Waals surface area contributed by atoms with E-state index in [0.29, 0.717) is 10.4 Å². The van der Waals surface area contributed by atoms with Crippen molar-refractivity contribution < 1.29 is 5.11 Å². The Morgan fingerprint density at radius 1 is 1.14 bits per heavy atom. The number of phenolic OH excluding ortho intramolecular Hbond substituents is 1. The van der Waals surface area contributed by atoms with Crippen molar-refractivity contribution in [1.82, 2.24) is 10.2 Å². The maximum absolute atomic E-state index is 9.51. The van der Waals surface area contributed by atoms with Gasteiger partial charge in [0.15, 0.2) is 0 Å². The quantitative estimate of drug-likeness (QED) is 0.879. The predicted octanol–water partition coefficient (Wildman–Crippen LogP) is 3.40. The Bertz CT molecular complexity index is 486. The number of nitrogens with zero attached hydrogens (tertiary/aromatic N) is 1. The van der Waals surface area contributed by atoms with Crippen molar-refractivity contribution >= 4 is 11.6 Å². The van der Waals surface area contributed by atoms with Gasteiger partial charge in [0, 0.05) is 6.54 Å². The van der Waals surface area contributed by atoms with Crippen LogP contribution in [0.25, 0.3) is 0 Å². The molecule has 0 amide bonds. The highest BCUT2D eigenvalue weighted by Crippen LogP contribution is 2.39. The third kappa shape index (κ3) is 3.71. The summed E-state index contributed by atoms with van der Waals surface area (Å²) in [6.45, 7) is 5.67. The Labute approximate surface area is 132 Å². The van der Waals surface area contributed by atoms with Crippen molar-refractivity contribution in [1.29, 1.82) is 0 Å². The van der Waals surface area contributed by atoms with Crippen LogP contribution in [0.15, 0.2) is 18.2 Å². The number of likely N-dealkylation sites (tertiary alicyclic amines) is 1. The van der Waals surface area contributed by atoms with Gasteiger partial charge in [0.05, 0.1) is 5.02 Å². The fraction of sp³-hybridized carbons (Fsp3) is 0.647. The highest BCUT2D eigenvalue weighted by atomic mass is 35.5. The van der Waals surface area contributed by atoms with Crippen molar-refractivity contribution in [3.8, 4) is 5.75 Å². The highest BCUT2D eigenvalue weighted by molar-refractivity contribution is 6.32. The maximum Gasteiger partial charge on any atom is 0.134 e. The molecule has 3 rings (SSSR count). The highest BCUT2D eigenvalue weighted by Gasteiger charge is 2.33.